The van der Waals surface area contributed by atoms with E-state index in [-0.39, 0.29) is 5.91 Å². The summed E-state index contributed by atoms with van der Waals surface area (Å²) in [6.07, 6.45) is 1.90. The van der Waals surface area contributed by atoms with E-state index in [4.69, 9.17) is 4.42 Å². The third-order valence-electron chi connectivity index (χ3n) is 2.96. The van der Waals surface area contributed by atoms with Gasteiger partial charge in [0, 0.05) is 11.3 Å². The van der Waals surface area contributed by atoms with Crippen molar-refractivity contribution in [2.24, 2.45) is 0 Å². The van der Waals surface area contributed by atoms with E-state index in [1.165, 1.54) is 11.8 Å². The van der Waals surface area contributed by atoms with Crippen LogP contribution in [0.3, 0.4) is 0 Å². The van der Waals surface area contributed by atoms with E-state index in [1.54, 1.807) is 0 Å². The molecule has 0 spiro atoms. The van der Waals surface area contributed by atoms with E-state index < -0.39 is 0 Å². The molecule has 4 nitrogen and oxygen atoms in total. The third kappa shape index (κ3) is 3.08. The van der Waals surface area contributed by atoms with Gasteiger partial charge in [-0.15, -0.1) is 0 Å². The topological polar surface area (TPSA) is 55.1 Å². The van der Waals surface area contributed by atoms with Crippen LogP contribution >= 0.6 is 11.8 Å². The molecule has 2 aromatic carbocycles. The Hall–Kier alpha value is -2.27. The first-order chi connectivity index (χ1) is 10.3. The molecule has 0 unspecified atom stereocenters. The monoisotopic (exact) mass is 298 g/mol. The van der Waals surface area contributed by atoms with Crippen molar-refractivity contribution in [2.45, 2.75) is 0 Å². The van der Waals surface area contributed by atoms with Crippen LogP contribution in [0.1, 0.15) is 0 Å². The van der Waals surface area contributed by atoms with Crippen molar-refractivity contribution >= 4 is 34.5 Å². The summed E-state index contributed by atoms with van der Waals surface area (Å²) in [7, 11) is 0. The number of hydrogen-bond donors (Lipinski definition) is 1. The lowest BCUT2D eigenvalue weighted by atomic mass is 10.2. The van der Waals surface area contributed by atoms with Crippen LogP contribution in [0.2, 0.25) is 0 Å². The molecule has 1 amide bonds. The first kappa shape index (κ1) is 13.7. The van der Waals surface area contributed by atoms with Crippen molar-refractivity contribution in [1.29, 1.82) is 0 Å². The fourth-order valence-corrected chi connectivity index (χ4v) is 2.39. The van der Waals surface area contributed by atoms with Gasteiger partial charge in [-0.1, -0.05) is 18.2 Å². The van der Waals surface area contributed by atoms with Gasteiger partial charge in [0.2, 0.25) is 11.8 Å². The first-order valence-electron chi connectivity index (χ1n) is 6.51. The van der Waals surface area contributed by atoms with E-state index in [0.29, 0.717) is 11.6 Å². The van der Waals surface area contributed by atoms with Gasteiger partial charge in [0.25, 0.3) is 0 Å². The maximum Gasteiger partial charge on any atom is 0.234 e. The normalized spacial score (nSPS) is 10.7. The van der Waals surface area contributed by atoms with Crippen molar-refractivity contribution in [2.75, 3.05) is 17.3 Å². The van der Waals surface area contributed by atoms with Crippen molar-refractivity contribution in [3.63, 3.8) is 0 Å². The summed E-state index contributed by atoms with van der Waals surface area (Å²) >= 11 is 1.49. The Kier molecular flexibility index (Phi) is 3.92. The highest BCUT2D eigenvalue weighted by molar-refractivity contribution is 7.99. The molecule has 0 atom stereocenters. The highest BCUT2D eigenvalue weighted by Crippen LogP contribution is 2.26. The molecule has 5 heteroatoms. The molecule has 0 fully saturated rings. The van der Waals surface area contributed by atoms with Gasteiger partial charge in [-0.05, 0) is 36.6 Å². The van der Waals surface area contributed by atoms with Gasteiger partial charge in [0.1, 0.15) is 5.52 Å². The zero-order chi connectivity index (χ0) is 14.7. The quantitative estimate of drug-likeness (QED) is 0.796. The zero-order valence-electron chi connectivity index (χ0n) is 11.5. The van der Waals surface area contributed by atoms with Crippen LogP contribution in [-0.4, -0.2) is 22.9 Å². The molecular weight excluding hydrogens is 284 g/mol. The van der Waals surface area contributed by atoms with E-state index in [9.17, 15) is 4.79 Å². The van der Waals surface area contributed by atoms with Crippen molar-refractivity contribution < 1.29 is 9.21 Å². The van der Waals surface area contributed by atoms with Crippen LogP contribution in [0, 0.1) is 0 Å². The minimum Gasteiger partial charge on any atom is -0.436 e. The maximum absolute atomic E-state index is 11.6. The highest BCUT2D eigenvalue weighted by atomic mass is 32.2. The molecule has 0 radical (unpaired) electrons. The number of carbonyl (C=O) groups is 1. The average molecular weight is 298 g/mol. The van der Waals surface area contributed by atoms with Crippen LogP contribution in [0.15, 0.2) is 52.9 Å². The summed E-state index contributed by atoms with van der Waals surface area (Å²) in [5.41, 5.74) is 3.16. The van der Waals surface area contributed by atoms with Gasteiger partial charge in [-0.2, -0.15) is 11.8 Å². The number of fused-ring (bicyclic) bond motifs is 1. The Bertz CT molecular complexity index is 750. The number of aromatic nitrogens is 1. The predicted octanol–water partition coefficient (Wildman–Crippen LogP) is 3.80. The van der Waals surface area contributed by atoms with E-state index in [0.717, 1.165) is 22.4 Å². The second kappa shape index (κ2) is 6.01. The lowest BCUT2D eigenvalue weighted by Crippen LogP contribution is -2.13. The van der Waals surface area contributed by atoms with Crippen LogP contribution in [0.4, 0.5) is 5.69 Å². The summed E-state index contributed by atoms with van der Waals surface area (Å²) in [5.74, 6) is 0.974. The van der Waals surface area contributed by atoms with E-state index >= 15 is 0 Å². The zero-order valence-corrected chi connectivity index (χ0v) is 12.3. The highest BCUT2D eigenvalue weighted by Gasteiger charge is 2.09. The molecule has 3 aromatic rings. The molecule has 0 saturated heterocycles. The standard InChI is InChI=1S/C16H14N2O2S/c1-21-10-15(19)17-12-6-4-5-11(9-12)16-18-13-7-2-3-8-14(13)20-16/h2-9H,10H2,1H3,(H,17,19). The number of nitrogens with one attached hydrogen (secondary N) is 1. The van der Waals surface area contributed by atoms with Gasteiger partial charge in [0.15, 0.2) is 5.58 Å². The molecule has 1 N–H and O–H groups in total. The number of thioether (sulfide) groups is 1. The lowest BCUT2D eigenvalue weighted by molar-refractivity contribution is -0.113. The third-order valence-corrected chi connectivity index (χ3v) is 3.51. The van der Waals surface area contributed by atoms with Gasteiger partial charge < -0.3 is 9.73 Å². The molecule has 3 rings (SSSR count). The molecular formula is C16H14N2O2S. The Morgan fingerprint density at radius 3 is 2.90 bits per heavy atom. The molecule has 1 heterocycles. The number of amides is 1. The summed E-state index contributed by atoms with van der Waals surface area (Å²) in [5, 5.41) is 2.86. The summed E-state index contributed by atoms with van der Waals surface area (Å²) in [6.45, 7) is 0. The summed E-state index contributed by atoms with van der Waals surface area (Å²) in [4.78, 5) is 16.1. The van der Waals surface area contributed by atoms with Crippen LogP contribution in [-0.2, 0) is 4.79 Å². The van der Waals surface area contributed by atoms with Gasteiger partial charge >= 0.3 is 0 Å². The Morgan fingerprint density at radius 1 is 1.24 bits per heavy atom. The Labute approximate surface area is 126 Å². The summed E-state index contributed by atoms with van der Waals surface area (Å²) in [6, 6.07) is 15.1. The number of nitrogens with zero attached hydrogens (tertiary/aromatic N) is 1. The number of anilines is 1. The molecule has 0 aliphatic carbocycles. The van der Waals surface area contributed by atoms with Crippen LogP contribution < -0.4 is 5.32 Å². The molecule has 106 valence electrons. The van der Waals surface area contributed by atoms with Crippen molar-refractivity contribution in [3.8, 4) is 11.5 Å². The first-order valence-corrected chi connectivity index (χ1v) is 7.90. The smallest absolute Gasteiger partial charge is 0.234 e. The minimum absolute atomic E-state index is 0.0165. The molecule has 1 aromatic heterocycles. The lowest BCUT2D eigenvalue weighted by Gasteiger charge is -2.05. The minimum atomic E-state index is -0.0165. The van der Waals surface area contributed by atoms with Gasteiger partial charge in [-0.3, -0.25) is 4.79 Å². The van der Waals surface area contributed by atoms with Crippen LogP contribution in [0.25, 0.3) is 22.6 Å². The van der Waals surface area contributed by atoms with E-state index in [2.05, 4.69) is 10.3 Å². The summed E-state index contributed by atoms with van der Waals surface area (Å²) < 4.78 is 5.73. The number of oxazole rings is 1. The number of rotatable bonds is 4. The Balaban J connectivity index is 1.90. The van der Waals surface area contributed by atoms with Gasteiger partial charge in [0.05, 0.1) is 5.75 Å². The predicted molar refractivity (Wildman–Crippen MR) is 86.5 cm³/mol. The second-order valence-corrected chi connectivity index (χ2v) is 5.41. The molecule has 0 aliphatic heterocycles. The fraction of sp³-hybridized carbons (Fsp3) is 0.125. The molecule has 0 saturated carbocycles. The maximum atomic E-state index is 11.6. The van der Waals surface area contributed by atoms with E-state index in [1.807, 2.05) is 54.8 Å². The number of para-hydroxylation sites is 2. The number of benzene rings is 2. The molecule has 21 heavy (non-hydrogen) atoms. The second-order valence-electron chi connectivity index (χ2n) is 4.55. The number of carbonyl (C=O) groups excluding carboxylic acids is 1. The van der Waals surface area contributed by atoms with Gasteiger partial charge in [-0.25, -0.2) is 4.98 Å². The fourth-order valence-electron chi connectivity index (χ4n) is 2.05. The van der Waals surface area contributed by atoms with Crippen molar-refractivity contribution in [1.82, 2.24) is 4.98 Å². The largest absolute Gasteiger partial charge is 0.436 e. The van der Waals surface area contributed by atoms with Crippen LogP contribution in [0.5, 0.6) is 0 Å². The van der Waals surface area contributed by atoms with Crippen molar-refractivity contribution in [3.05, 3.63) is 48.5 Å². The number of hydrogen-bond acceptors (Lipinski definition) is 4. The molecule has 0 bridgehead atoms. The molecule has 0 aliphatic rings. The SMILES string of the molecule is CSCC(=O)Nc1cccc(-c2nc3ccccc3o2)c1. The average Bonchev–Trinajstić information content (AvgIpc) is 2.91. The Morgan fingerprint density at radius 2 is 2.10 bits per heavy atom.